The van der Waals surface area contributed by atoms with Gasteiger partial charge in [0.05, 0.1) is 17.4 Å². The molecule has 0 aromatic rings. The van der Waals surface area contributed by atoms with Crippen molar-refractivity contribution in [3.63, 3.8) is 0 Å². The Morgan fingerprint density at radius 3 is 2.53 bits per heavy atom. The largest absolute Gasteiger partial charge is 0.481 e. The van der Waals surface area contributed by atoms with E-state index in [1.165, 1.54) is 0 Å². The van der Waals surface area contributed by atoms with Crippen LogP contribution in [0.2, 0.25) is 0 Å². The average molecular weight is 266 g/mol. The van der Waals surface area contributed by atoms with Gasteiger partial charge in [-0.05, 0) is 71.4 Å². The van der Waals surface area contributed by atoms with Crippen LogP contribution in [0.1, 0.15) is 52.4 Å². The second-order valence-electron chi connectivity index (χ2n) is 6.36. The molecule has 0 heterocycles. The normalized spacial score (nSPS) is 23.8. The molecular formula is C15H26N2O2. The fourth-order valence-corrected chi connectivity index (χ4v) is 2.63. The summed E-state index contributed by atoms with van der Waals surface area (Å²) in [6.45, 7) is 5.88. The van der Waals surface area contributed by atoms with Gasteiger partial charge in [0.25, 0.3) is 0 Å². The summed E-state index contributed by atoms with van der Waals surface area (Å²) < 4.78 is 0. The Kier molecular flexibility index (Phi) is 6.30. The maximum atomic E-state index is 10.8. The summed E-state index contributed by atoms with van der Waals surface area (Å²) in [4.78, 5) is 10.8. The van der Waals surface area contributed by atoms with Gasteiger partial charge in [-0.15, -0.1) is 0 Å². The number of carbonyl (C=O) groups is 1. The van der Waals surface area contributed by atoms with Crippen molar-refractivity contribution in [1.29, 1.82) is 5.26 Å². The molecule has 0 unspecified atom stereocenters. The molecule has 108 valence electrons. The van der Waals surface area contributed by atoms with Gasteiger partial charge in [0.2, 0.25) is 0 Å². The van der Waals surface area contributed by atoms with E-state index in [9.17, 15) is 4.79 Å². The van der Waals surface area contributed by atoms with Crippen molar-refractivity contribution in [3.05, 3.63) is 0 Å². The molecule has 1 fully saturated rings. The first-order valence-electron chi connectivity index (χ1n) is 7.29. The molecule has 0 aliphatic heterocycles. The first-order valence-corrected chi connectivity index (χ1v) is 7.29. The quantitative estimate of drug-likeness (QED) is 0.695. The summed E-state index contributed by atoms with van der Waals surface area (Å²) in [7, 11) is 0. The van der Waals surface area contributed by atoms with Gasteiger partial charge in [-0.2, -0.15) is 5.26 Å². The number of hydrogen-bond donors (Lipinski definition) is 2. The molecule has 1 aliphatic carbocycles. The van der Waals surface area contributed by atoms with Crippen LogP contribution in [0.4, 0.5) is 0 Å². The third-order valence-corrected chi connectivity index (χ3v) is 4.09. The summed E-state index contributed by atoms with van der Waals surface area (Å²) in [5.41, 5.74) is -0.221. The molecule has 0 spiro atoms. The van der Waals surface area contributed by atoms with Gasteiger partial charge in [-0.25, -0.2) is 0 Å². The molecule has 0 aromatic carbocycles. The molecule has 0 bridgehead atoms. The van der Waals surface area contributed by atoms with Crippen molar-refractivity contribution in [2.75, 3.05) is 13.1 Å². The van der Waals surface area contributed by atoms with E-state index in [0.717, 1.165) is 51.6 Å². The molecule has 0 aromatic heterocycles. The molecule has 19 heavy (non-hydrogen) atoms. The number of rotatable bonds is 7. The molecule has 1 rings (SSSR count). The van der Waals surface area contributed by atoms with E-state index in [4.69, 9.17) is 10.4 Å². The van der Waals surface area contributed by atoms with Gasteiger partial charge < -0.3 is 10.4 Å². The van der Waals surface area contributed by atoms with E-state index in [2.05, 4.69) is 11.4 Å². The van der Waals surface area contributed by atoms with Gasteiger partial charge in [0.1, 0.15) is 0 Å². The second kappa shape index (κ2) is 7.49. The van der Waals surface area contributed by atoms with Gasteiger partial charge >= 0.3 is 5.97 Å². The van der Waals surface area contributed by atoms with Crippen molar-refractivity contribution >= 4 is 5.97 Å². The first kappa shape index (κ1) is 16.0. The smallest absolute Gasteiger partial charge is 0.306 e. The highest BCUT2D eigenvalue weighted by atomic mass is 16.4. The Morgan fingerprint density at radius 2 is 2.00 bits per heavy atom. The summed E-state index contributed by atoms with van der Waals surface area (Å²) in [5.74, 6) is -0.127. The van der Waals surface area contributed by atoms with Crippen LogP contribution in [-0.2, 0) is 4.79 Å². The number of nitrogens with one attached hydrogen (secondary N) is 1. The molecule has 4 heteroatoms. The average Bonchev–Trinajstić information content (AvgIpc) is 2.39. The Labute approximate surface area is 116 Å². The van der Waals surface area contributed by atoms with Crippen molar-refractivity contribution in [3.8, 4) is 6.07 Å². The molecule has 1 saturated carbocycles. The van der Waals surface area contributed by atoms with Crippen molar-refractivity contribution in [2.45, 2.75) is 52.4 Å². The Bertz CT molecular complexity index is 326. The molecule has 0 radical (unpaired) electrons. The highest BCUT2D eigenvalue weighted by Gasteiger charge is 2.25. The highest BCUT2D eigenvalue weighted by Crippen LogP contribution is 2.28. The minimum Gasteiger partial charge on any atom is -0.481 e. The first-order chi connectivity index (χ1) is 8.94. The summed E-state index contributed by atoms with van der Waals surface area (Å²) >= 11 is 0. The monoisotopic (exact) mass is 266 g/mol. The lowest BCUT2D eigenvalue weighted by molar-refractivity contribution is -0.143. The van der Waals surface area contributed by atoms with E-state index in [1.807, 2.05) is 13.8 Å². The van der Waals surface area contributed by atoms with Crippen LogP contribution in [-0.4, -0.2) is 24.2 Å². The topological polar surface area (TPSA) is 73.1 Å². The number of carboxylic acids is 1. The molecule has 1 aliphatic rings. The van der Waals surface area contributed by atoms with E-state index in [0.29, 0.717) is 5.92 Å². The zero-order valence-electron chi connectivity index (χ0n) is 12.1. The highest BCUT2D eigenvalue weighted by molar-refractivity contribution is 5.69. The minimum atomic E-state index is -0.634. The molecule has 2 N–H and O–H groups in total. The fraction of sp³-hybridized carbons (Fsp3) is 0.867. The van der Waals surface area contributed by atoms with Gasteiger partial charge in [-0.1, -0.05) is 0 Å². The third kappa shape index (κ3) is 6.07. The van der Waals surface area contributed by atoms with E-state index in [1.54, 1.807) is 0 Å². The Balaban J connectivity index is 2.06. The van der Waals surface area contributed by atoms with Crippen LogP contribution >= 0.6 is 0 Å². The standard InChI is InChI=1S/C15H26N2O2/c1-15(2,11-16)8-3-9-17-10-12-4-6-13(7-5-12)14(18)19/h12-13,17H,3-10H2,1-2H3,(H,18,19). The minimum absolute atomic E-state index is 0.118. The Hall–Kier alpha value is -1.08. The van der Waals surface area contributed by atoms with Crippen LogP contribution in [0.5, 0.6) is 0 Å². The number of aliphatic carboxylic acids is 1. The Morgan fingerprint density at radius 1 is 1.37 bits per heavy atom. The maximum Gasteiger partial charge on any atom is 0.306 e. The summed E-state index contributed by atoms with van der Waals surface area (Å²) in [5, 5.41) is 21.3. The van der Waals surface area contributed by atoms with Crippen molar-refractivity contribution in [1.82, 2.24) is 5.32 Å². The lowest BCUT2D eigenvalue weighted by Crippen LogP contribution is -2.29. The zero-order chi connectivity index (χ0) is 14.3. The van der Waals surface area contributed by atoms with E-state index >= 15 is 0 Å². The predicted molar refractivity (Wildman–Crippen MR) is 74.6 cm³/mol. The van der Waals surface area contributed by atoms with Crippen LogP contribution in [0.15, 0.2) is 0 Å². The van der Waals surface area contributed by atoms with E-state index in [-0.39, 0.29) is 11.3 Å². The lowest BCUT2D eigenvalue weighted by atomic mass is 9.82. The molecule has 0 amide bonds. The van der Waals surface area contributed by atoms with Crippen LogP contribution in [0.3, 0.4) is 0 Å². The molecule has 4 nitrogen and oxygen atoms in total. The van der Waals surface area contributed by atoms with Crippen LogP contribution in [0, 0.1) is 28.6 Å². The fourth-order valence-electron chi connectivity index (χ4n) is 2.63. The van der Waals surface area contributed by atoms with Gasteiger partial charge in [0.15, 0.2) is 0 Å². The van der Waals surface area contributed by atoms with Gasteiger partial charge in [-0.3, -0.25) is 4.79 Å². The lowest BCUT2D eigenvalue weighted by Gasteiger charge is -2.26. The number of nitrogens with zero attached hydrogens (tertiary/aromatic N) is 1. The maximum absolute atomic E-state index is 10.8. The third-order valence-electron chi connectivity index (χ3n) is 4.09. The number of hydrogen-bond acceptors (Lipinski definition) is 3. The summed E-state index contributed by atoms with van der Waals surface area (Å²) in [6.07, 6.45) is 5.63. The van der Waals surface area contributed by atoms with Crippen LogP contribution < -0.4 is 5.32 Å². The predicted octanol–water partition coefficient (Wildman–Crippen LogP) is 2.80. The SMILES string of the molecule is CC(C)(C#N)CCCNCC1CCC(C(=O)O)CC1. The second-order valence-corrected chi connectivity index (χ2v) is 6.36. The van der Waals surface area contributed by atoms with E-state index < -0.39 is 5.97 Å². The molecule has 0 atom stereocenters. The molecule has 0 saturated heterocycles. The van der Waals surface area contributed by atoms with Crippen molar-refractivity contribution in [2.24, 2.45) is 17.3 Å². The van der Waals surface area contributed by atoms with Crippen LogP contribution in [0.25, 0.3) is 0 Å². The van der Waals surface area contributed by atoms with Gasteiger partial charge in [0, 0.05) is 0 Å². The number of nitriles is 1. The molecular weight excluding hydrogens is 240 g/mol. The number of carboxylic acid groups (broad SMARTS) is 1. The zero-order valence-corrected chi connectivity index (χ0v) is 12.1. The van der Waals surface area contributed by atoms with Crippen molar-refractivity contribution < 1.29 is 9.90 Å². The summed E-state index contributed by atoms with van der Waals surface area (Å²) in [6, 6.07) is 2.31.